The fourth-order valence-electron chi connectivity index (χ4n) is 1.57. The van der Waals surface area contributed by atoms with Gasteiger partial charge in [-0.3, -0.25) is 0 Å². The lowest BCUT2D eigenvalue weighted by molar-refractivity contribution is 0.474. The highest BCUT2D eigenvalue weighted by molar-refractivity contribution is 5.91. The summed E-state index contributed by atoms with van der Waals surface area (Å²) < 4.78 is 0. The number of nitriles is 1. The molecule has 0 aliphatic heterocycles. The third-order valence-corrected chi connectivity index (χ3v) is 2.30. The zero-order chi connectivity index (χ0) is 12.4. The van der Waals surface area contributed by atoms with Crippen LogP contribution < -0.4 is 5.32 Å². The van der Waals surface area contributed by atoms with Gasteiger partial charge in [0, 0.05) is 17.5 Å². The molecule has 5 heteroatoms. The zero-order valence-electron chi connectivity index (χ0n) is 9.60. The number of hydrogen-bond donors (Lipinski definition) is 2. The van der Waals surface area contributed by atoms with E-state index in [1.807, 2.05) is 19.9 Å². The van der Waals surface area contributed by atoms with Gasteiger partial charge in [-0.15, -0.1) is 0 Å². The molecule has 0 saturated carbocycles. The summed E-state index contributed by atoms with van der Waals surface area (Å²) in [6, 6.07) is 5.23. The SMILES string of the molecule is CC(C)Nc1ncnc2cc(O)c(C#N)cc12. The van der Waals surface area contributed by atoms with E-state index < -0.39 is 0 Å². The van der Waals surface area contributed by atoms with Gasteiger partial charge in [0.1, 0.15) is 24.0 Å². The molecule has 1 aromatic heterocycles. The molecule has 1 heterocycles. The number of aromatic nitrogens is 2. The average Bonchev–Trinajstić information content (AvgIpc) is 2.27. The van der Waals surface area contributed by atoms with Crippen molar-refractivity contribution in [2.45, 2.75) is 19.9 Å². The molecule has 17 heavy (non-hydrogen) atoms. The summed E-state index contributed by atoms with van der Waals surface area (Å²) in [5.74, 6) is 0.607. The predicted octanol–water partition coefficient (Wildman–Crippen LogP) is 2.03. The lowest BCUT2D eigenvalue weighted by Crippen LogP contribution is -2.11. The molecule has 5 nitrogen and oxygen atoms in total. The topological polar surface area (TPSA) is 81.8 Å². The lowest BCUT2D eigenvalue weighted by Gasteiger charge is -2.11. The first-order valence-corrected chi connectivity index (χ1v) is 5.26. The summed E-state index contributed by atoms with van der Waals surface area (Å²) >= 11 is 0. The smallest absolute Gasteiger partial charge is 0.137 e. The number of rotatable bonds is 2. The first-order chi connectivity index (χ1) is 8.11. The third kappa shape index (κ3) is 2.11. The normalized spacial score (nSPS) is 10.5. The van der Waals surface area contributed by atoms with E-state index >= 15 is 0 Å². The van der Waals surface area contributed by atoms with Gasteiger partial charge in [-0.2, -0.15) is 5.26 Å². The Kier molecular flexibility index (Phi) is 2.79. The molecule has 0 fully saturated rings. The minimum absolute atomic E-state index is 0.0609. The molecule has 0 bridgehead atoms. The standard InChI is InChI=1S/C12H12N4O/c1-7(2)16-12-9-3-8(5-13)11(17)4-10(9)14-6-15-12/h3-4,6-7,17H,1-2H3,(H,14,15,16). The second kappa shape index (κ2) is 4.26. The van der Waals surface area contributed by atoms with Crippen LogP contribution in [0.1, 0.15) is 19.4 Å². The Morgan fingerprint density at radius 1 is 1.35 bits per heavy atom. The number of phenolic OH excluding ortho intramolecular Hbond substituents is 1. The van der Waals surface area contributed by atoms with Gasteiger partial charge in [-0.05, 0) is 19.9 Å². The molecule has 2 aromatic rings. The molecular weight excluding hydrogens is 216 g/mol. The first-order valence-electron chi connectivity index (χ1n) is 5.26. The predicted molar refractivity (Wildman–Crippen MR) is 64.7 cm³/mol. The molecule has 0 aliphatic rings. The minimum atomic E-state index is -0.0609. The molecule has 2 N–H and O–H groups in total. The maximum absolute atomic E-state index is 9.58. The lowest BCUT2D eigenvalue weighted by atomic mass is 10.1. The van der Waals surface area contributed by atoms with E-state index in [1.54, 1.807) is 6.07 Å². The highest BCUT2D eigenvalue weighted by Crippen LogP contribution is 2.26. The second-order valence-corrected chi connectivity index (χ2v) is 4.02. The summed E-state index contributed by atoms with van der Waals surface area (Å²) in [6.45, 7) is 4.00. The van der Waals surface area contributed by atoms with Gasteiger partial charge in [0.25, 0.3) is 0 Å². The Morgan fingerprint density at radius 3 is 2.76 bits per heavy atom. The number of hydrogen-bond acceptors (Lipinski definition) is 5. The van der Waals surface area contributed by atoms with Crippen molar-refractivity contribution in [3.8, 4) is 11.8 Å². The summed E-state index contributed by atoms with van der Waals surface area (Å²) in [5.41, 5.74) is 0.832. The van der Waals surface area contributed by atoms with E-state index in [0.29, 0.717) is 11.3 Å². The van der Waals surface area contributed by atoms with Gasteiger partial charge in [-0.25, -0.2) is 9.97 Å². The van der Waals surface area contributed by atoms with E-state index in [-0.39, 0.29) is 17.4 Å². The fourth-order valence-corrected chi connectivity index (χ4v) is 1.57. The second-order valence-electron chi connectivity index (χ2n) is 4.02. The average molecular weight is 228 g/mol. The molecule has 0 atom stereocenters. The Morgan fingerprint density at radius 2 is 2.12 bits per heavy atom. The Bertz CT molecular complexity index is 601. The number of aromatic hydroxyl groups is 1. The summed E-state index contributed by atoms with van der Waals surface area (Å²) in [4.78, 5) is 8.20. The largest absolute Gasteiger partial charge is 0.506 e. The number of phenols is 1. The molecule has 0 radical (unpaired) electrons. The van der Waals surface area contributed by atoms with Crippen LogP contribution in [0.3, 0.4) is 0 Å². The Labute approximate surface area is 98.7 Å². The van der Waals surface area contributed by atoms with Gasteiger partial charge in [0.2, 0.25) is 0 Å². The summed E-state index contributed by atoms with van der Waals surface area (Å²) in [6.07, 6.45) is 1.43. The van der Waals surface area contributed by atoms with Gasteiger partial charge in [0.15, 0.2) is 0 Å². The molecular formula is C12H12N4O. The van der Waals surface area contributed by atoms with Crippen LogP contribution in [0.4, 0.5) is 5.82 Å². The van der Waals surface area contributed by atoms with Crippen molar-refractivity contribution < 1.29 is 5.11 Å². The van der Waals surface area contributed by atoms with Crippen molar-refractivity contribution in [1.82, 2.24) is 9.97 Å². The molecule has 0 unspecified atom stereocenters. The highest BCUT2D eigenvalue weighted by atomic mass is 16.3. The first kappa shape index (κ1) is 11.1. The van der Waals surface area contributed by atoms with Crippen LogP contribution in [0.5, 0.6) is 5.75 Å². The van der Waals surface area contributed by atoms with Crippen molar-refractivity contribution in [1.29, 1.82) is 5.26 Å². The van der Waals surface area contributed by atoms with Crippen LogP contribution in [-0.4, -0.2) is 21.1 Å². The molecule has 0 saturated heterocycles. The summed E-state index contributed by atoms with van der Waals surface area (Å²) in [7, 11) is 0. The van der Waals surface area contributed by atoms with Crippen LogP contribution in [0.25, 0.3) is 10.9 Å². The van der Waals surface area contributed by atoms with Crippen LogP contribution in [-0.2, 0) is 0 Å². The monoisotopic (exact) mass is 228 g/mol. The zero-order valence-corrected chi connectivity index (χ0v) is 9.60. The number of benzene rings is 1. The quantitative estimate of drug-likeness (QED) is 0.821. The Hall–Kier alpha value is -2.35. The maximum Gasteiger partial charge on any atom is 0.137 e. The highest BCUT2D eigenvalue weighted by Gasteiger charge is 2.09. The van der Waals surface area contributed by atoms with Gasteiger partial charge >= 0.3 is 0 Å². The van der Waals surface area contributed by atoms with Gasteiger partial charge in [-0.1, -0.05) is 0 Å². The van der Waals surface area contributed by atoms with E-state index in [4.69, 9.17) is 5.26 Å². The van der Waals surface area contributed by atoms with E-state index in [2.05, 4.69) is 15.3 Å². The van der Waals surface area contributed by atoms with Crippen molar-refractivity contribution in [2.24, 2.45) is 0 Å². The molecule has 86 valence electrons. The number of nitrogens with one attached hydrogen (secondary N) is 1. The number of anilines is 1. The maximum atomic E-state index is 9.58. The van der Waals surface area contributed by atoms with Gasteiger partial charge in [0.05, 0.1) is 11.1 Å². The molecule has 0 spiro atoms. The minimum Gasteiger partial charge on any atom is -0.506 e. The van der Waals surface area contributed by atoms with Crippen molar-refractivity contribution >= 4 is 16.7 Å². The molecule has 0 aliphatic carbocycles. The van der Waals surface area contributed by atoms with E-state index in [0.717, 1.165) is 5.39 Å². The Balaban J connectivity index is 2.66. The third-order valence-electron chi connectivity index (χ3n) is 2.30. The molecule has 2 rings (SSSR count). The van der Waals surface area contributed by atoms with E-state index in [1.165, 1.54) is 12.4 Å². The number of nitrogens with zero attached hydrogens (tertiary/aromatic N) is 3. The van der Waals surface area contributed by atoms with Crippen molar-refractivity contribution in [3.63, 3.8) is 0 Å². The van der Waals surface area contributed by atoms with Gasteiger partial charge < -0.3 is 10.4 Å². The van der Waals surface area contributed by atoms with Crippen molar-refractivity contribution in [2.75, 3.05) is 5.32 Å². The van der Waals surface area contributed by atoms with E-state index in [9.17, 15) is 5.11 Å². The van der Waals surface area contributed by atoms with Crippen LogP contribution in [0.15, 0.2) is 18.5 Å². The summed E-state index contributed by atoms with van der Waals surface area (Å²) in [5, 5.41) is 22.4. The van der Waals surface area contributed by atoms with Crippen LogP contribution in [0, 0.1) is 11.3 Å². The fraction of sp³-hybridized carbons (Fsp3) is 0.250. The molecule has 0 amide bonds. The molecule has 1 aromatic carbocycles. The number of fused-ring (bicyclic) bond motifs is 1. The van der Waals surface area contributed by atoms with Crippen LogP contribution >= 0.6 is 0 Å². The van der Waals surface area contributed by atoms with Crippen molar-refractivity contribution in [3.05, 3.63) is 24.0 Å². The van der Waals surface area contributed by atoms with Crippen LogP contribution in [0.2, 0.25) is 0 Å².